The van der Waals surface area contributed by atoms with Gasteiger partial charge in [-0.05, 0) is 36.6 Å². The van der Waals surface area contributed by atoms with Crippen LogP contribution >= 0.6 is 0 Å². The first kappa shape index (κ1) is 21.2. The first-order valence-electron chi connectivity index (χ1n) is 10.9. The predicted octanol–water partition coefficient (Wildman–Crippen LogP) is 4.45. The highest BCUT2D eigenvalue weighted by atomic mass is 19.1. The van der Waals surface area contributed by atoms with Gasteiger partial charge in [0.05, 0.1) is 23.2 Å². The maximum absolute atomic E-state index is 14.7. The van der Waals surface area contributed by atoms with Gasteiger partial charge in [0, 0.05) is 30.1 Å². The van der Waals surface area contributed by atoms with Gasteiger partial charge in [0.15, 0.2) is 5.78 Å². The summed E-state index contributed by atoms with van der Waals surface area (Å²) in [6.07, 6.45) is 4.78. The summed E-state index contributed by atoms with van der Waals surface area (Å²) in [5.74, 6) is -0.772. The summed E-state index contributed by atoms with van der Waals surface area (Å²) in [7, 11) is 0. The summed E-state index contributed by atoms with van der Waals surface area (Å²) in [4.78, 5) is 25.1. The number of hydrogen-bond acceptors (Lipinski definition) is 3. The normalized spacial score (nSPS) is 18.8. The van der Waals surface area contributed by atoms with E-state index in [-0.39, 0.29) is 28.7 Å². The maximum atomic E-state index is 14.7. The molecule has 3 aromatic rings. The molecule has 162 valence electrons. The number of aliphatic hydroxyl groups excluding tert-OH is 1. The molecule has 0 radical (unpaired) electrons. The molecule has 1 fully saturated rings. The molecule has 6 heteroatoms. The molecule has 2 N–H and O–H groups in total. The Bertz CT molecular complexity index is 1120. The second-order valence-corrected chi connectivity index (χ2v) is 8.21. The fourth-order valence-electron chi connectivity index (χ4n) is 4.38. The minimum atomic E-state index is -0.574. The fraction of sp³-hybridized carbons (Fsp3) is 0.360. The molecule has 1 saturated carbocycles. The number of aromatic nitrogens is 1. The third-order valence-electron chi connectivity index (χ3n) is 6.07. The summed E-state index contributed by atoms with van der Waals surface area (Å²) in [5.41, 5.74) is 2.41. The van der Waals surface area contributed by atoms with Gasteiger partial charge in [0.25, 0.3) is 5.91 Å². The average Bonchev–Trinajstić information content (AvgIpc) is 3.15. The summed E-state index contributed by atoms with van der Waals surface area (Å²) in [6, 6.07) is 11.8. The Kier molecular flexibility index (Phi) is 6.18. The van der Waals surface area contributed by atoms with Crippen molar-refractivity contribution in [2.75, 3.05) is 0 Å². The topological polar surface area (TPSA) is 71.3 Å². The van der Waals surface area contributed by atoms with Gasteiger partial charge < -0.3 is 15.0 Å². The number of amides is 1. The number of nitrogens with one attached hydrogen (secondary N) is 1. The van der Waals surface area contributed by atoms with Crippen molar-refractivity contribution in [1.29, 1.82) is 0 Å². The summed E-state index contributed by atoms with van der Waals surface area (Å²) in [5, 5.41) is 13.4. The van der Waals surface area contributed by atoms with E-state index in [0.29, 0.717) is 36.9 Å². The van der Waals surface area contributed by atoms with Crippen LogP contribution in [0.5, 0.6) is 0 Å². The molecule has 2 aromatic carbocycles. The number of carbonyl (C=O) groups excluding carboxylic acids is 2. The van der Waals surface area contributed by atoms with Crippen LogP contribution in [-0.4, -0.2) is 33.5 Å². The monoisotopic (exact) mass is 422 g/mol. The minimum Gasteiger partial charge on any atom is -0.391 e. The van der Waals surface area contributed by atoms with Crippen LogP contribution in [0.4, 0.5) is 4.39 Å². The van der Waals surface area contributed by atoms with E-state index in [9.17, 15) is 19.1 Å². The molecule has 2 atom stereocenters. The Labute approximate surface area is 180 Å². The maximum Gasteiger partial charge on any atom is 0.253 e. The smallest absolute Gasteiger partial charge is 0.253 e. The number of Topliss-reactive ketones (excluding diaryl/α,β-unsaturated/α-hetero) is 1. The van der Waals surface area contributed by atoms with Gasteiger partial charge in [0.2, 0.25) is 0 Å². The summed E-state index contributed by atoms with van der Waals surface area (Å²) < 4.78 is 16.6. The number of hydrogen-bond donors (Lipinski definition) is 2. The van der Waals surface area contributed by atoms with E-state index < -0.39 is 11.9 Å². The number of halogens is 1. The molecule has 0 bridgehead atoms. The van der Waals surface area contributed by atoms with Crippen molar-refractivity contribution in [3.63, 3.8) is 0 Å². The number of benzene rings is 2. The third kappa shape index (κ3) is 4.39. The minimum absolute atomic E-state index is 0.0661. The molecular formula is C25H27FN2O3. The highest BCUT2D eigenvalue weighted by Gasteiger charge is 2.27. The molecule has 0 saturated heterocycles. The lowest BCUT2D eigenvalue weighted by Gasteiger charge is -2.28. The zero-order chi connectivity index (χ0) is 22.0. The standard InChI is InChI=1S/C25H27FN2O3/c1-2-22(29)17-8-5-7-16(13-17)14-28-15-18(24-19(26)9-6-11-21(24)28)25(31)27-20-10-3-4-12-23(20)30/h5-9,11,13,15,20,23,30H,2-4,10,12,14H2,1H3,(H,27,31)/t20-,23-/m0/s1. The van der Waals surface area contributed by atoms with E-state index in [1.165, 1.54) is 6.07 Å². The number of ketones is 1. The second-order valence-electron chi connectivity index (χ2n) is 8.21. The Morgan fingerprint density at radius 3 is 2.71 bits per heavy atom. The second kappa shape index (κ2) is 9.02. The van der Waals surface area contributed by atoms with Crippen molar-refractivity contribution in [3.05, 3.63) is 71.2 Å². The molecule has 5 nitrogen and oxygen atoms in total. The van der Waals surface area contributed by atoms with Crippen LogP contribution in [-0.2, 0) is 6.54 Å². The van der Waals surface area contributed by atoms with Crippen LogP contribution in [0.2, 0.25) is 0 Å². The van der Waals surface area contributed by atoms with Crippen molar-refractivity contribution in [3.8, 4) is 0 Å². The number of aliphatic hydroxyl groups is 1. The van der Waals surface area contributed by atoms with E-state index >= 15 is 0 Å². The van der Waals surface area contributed by atoms with Crippen LogP contribution in [0.1, 0.15) is 65.3 Å². The van der Waals surface area contributed by atoms with E-state index in [4.69, 9.17) is 0 Å². The zero-order valence-electron chi connectivity index (χ0n) is 17.6. The van der Waals surface area contributed by atoms with Crippen LogP contribution in [0.25, 0.3) is 10.9 Å². The average molecular weight is 423 g/mol. The van der Waals surface area contributed by atoms with Crippen LogP contribution < -0.4 is 5.32 Å². The zero-order valence-corrected chi connectivity index (χ0v) is 17.6. The quantitative estimate of drug-likeness (QED) is 0.577. The van der Waals surface area contributed by atoms with Gasteiger partial charge in [-0.2, -0.15) is 0 Å². The van der Waals surface area contributed by atoms with E-state index in [1.807, 2.05) is 29.7 Å². The molecular weight excluding hydrogens is 395 g/mol. The lowest BCUT2D eigenvalue weighted by atomic mass is 9.92. The molecule has 0 unspecified atom stereocenters. The van der Waals surface area contributed by atoms with Gasteiger partial charge in [0.1, 0.15) is 5.82 Å². The molecule has 4 rings (SSSR count). The SMILES string of the molecule is CCC(=O)c1cccc(Cn2cc(C(=O)N[C@H]3CCCC[C@@H]3O)c3c(F)cccc32)c1. The molecule has 0 spiro atoms. The first-order valence-corrected chi connectivity index (χ1v) is 10.9. The molecule has 1 aliphatic carbocycles. The lowest BCUT2D eigenvalue weighted by Crippen LogP contribution is -2.45. The third-order valence-corrected chi connectivity index (χ3v) is 6.07. The Balaban J connectivity index is 1.67. The van der Waals surface area contributed by atoms with Crippen LogP contribution in [0.15, 0.2) is 48.7 Å². The van der Waals surface area contributed by atoms with Crippen molar-refractivity contribution in [2.45, 2.75) is 57.7 Å². The number of fused-ring (bicyclic) bond motifs is 1. The number of nitrogens with zero attached hydrogens (tertiary/aromatic N) is 1. The predicted molar refractivity (Wildman–Crippen MR) is 118 cm³/mol. The van der Waals surface area contributed by atoms with Gasteiger partial charge >= 0.3 is 0 Å². The van der Waals surface area contributed by atoms with E-state index in [0.717, 1.165) is 18.4 Å². The molecule has 0 aliphatic heterocycles. The van der Waals surface area contributed by atoms with Crippen molar-refractivity contribution in [1.82, 2.24) is 9.88 Å². The molecule has 1 amide bonds. The summed E-state index contributed by atoms with van der Waals surface area (Å²) >= 11 is 0. The number of rotatable bonds is 6. The highest BCUT2D eigenvalue weighted by molar-refractivity contribution is 6.07. The summed E-state index contributed by atoms with van der Waals surface area (Å²) in [6.45, 7) is 2.23. The lowest BCUT2D eigenvalue weighted by molar-refractivity contribution is 0.0718. The van der Waals surface area contributed by atoms with Crippen molar-refractivity contribution >= 4 is 22.6 Å². The van der Waals surface area contributed by atoms with Crippen molar-refractivity contribution in [2.24, 2.45) is 0 Å². The number of carbonyl (C=O) groups is 2. The fourth-order valence-corrected chi connectivity index (χ4v) is 4.38. The van der Waals surface area contributed by atoms with Crippen molar-refractivity contribution < 1.29 is 19.1 Å². The molecule has 1 aromatic heterocycles. The van der Waals surface area contributed by atoms with Gasteiger partial charge in [-0.1, -0.05) is 44.0 Å². The molecule has 31 heavy (non-hydrogen) atoms. The van der Waals surface area contributed by atoms with Crippen LogP contribution in [0, 0.1) is 5.82 Å². The Morgan fingerprint density at radius 2 is 1.94 bits per heavy atom. The molecule has 1 heterocycles. The van der Waals surface area contributed by atoms with Gasteiger partial charge in [-0.15, -0.1) is 0 Å². The Hall–Kier alpha value is -2.99. The van der Waals surface area contributed by atoms with E-state index in [1.54, 1.807) is 24.4 Å². The highest BCUT2D eigenvalue weighted by Crippen LogP contribution is 2.27. The van der Waals surface area contributed by atoms with Gasteiger partial charge in [-0.3, -0.25) is 9.59 Å². The van der Waals surface area contributed by atoms with Gasteiger partial charge in [-0.25, -0.2) is 4.39 Å². The molecule has 1 aliphatic rings. The Morgan fingerprint density at radius 1 is 1.16 bits per heavy atom. The van der Waals surface area contributed by atoms with Crippen LogP contribution in [0.3, 0.4) is 0 Å². The first-order chi connectivity index (χ1) is 15.0. The largest absolute Gasteiger partial charge is 0.391 e. The van der Waals surface area contributed by atoms with E-state index in [2.05, 4.69) is 5.32 Å².